The van der Waals surface area contributed by atoms with E-state index in [4.69, 9.17) is 0 Å². The molecule has 0 aliphatic carbocycles. The smallest absolute Gasteiger partial charge is 0.233 e. The van der Waals surface area contributed by atoms with Gasteiger partial charge in [0, 0.05) is 6.54 Å². The Morgan fingerprint density at radius 1 is 0.826 bits per heavy atom. The molecule has 0 saturated heterocycles. The molecule has 0 aromatic heterocycles. The SMILES string of the molecule is O=C(CNCCc1ccccc1F)NCCc1ccccc1F. The standard InChI is InChI=1S/C18H20F2N2O/c19-16-7-3-1-5-14(16)9-11-21-13-18(23)22-12-10-15-6-2-4-8-17(15)20/h1-8,21H,9-13H2,(H,22,23). The molecule has 0 aliphatic rings. The van der Waals surface area contributed by atoms with Crippen LogP contribution in [0.25, 0.3) is 0 Å². The van der Waals surface area contributed by atoms with Crippen LogP contribution in [0.15, 0.2) is 48.5 Å². The van der Waals surface area contributed by atoms with E-state index in [1.807, 2.05) is 0 Å². The highest BCUT2D eigenvalue weighted by molar-refractivity contribution is 5.77. The van der Waals surface area contributed by atoms with E-state index in [0.717, 1.165) is 0 Å². The molecule has 2 aromatic rings. The molecule has 122 valence electrons. The third-order valence-electron chi connectivity index (χ3n) is 3.49. The fourth-order valence-electron chi connectivity index (χ4n) is 2.23. The molecule has 2 rings (SSSR count). The topological polar surface area (TPSA) is 41.1 Å². The number of nitrogens with one attached hydrogen (secondary N) is 2. The first-order valence-corrected chi connectivity index (χ1v) is 7.61. The van der Waals surface area contributed by atoms with Crippen molar-refractivity contribution in [2.24, 2.45) is 0 Å². The van der Waals surface area contributed by atoms with Gasteiger partial charge < -0.3 is 10.6 Å². The molecule has 5 heteroatoms. The van der Waals surface area contributed by atoms with Gasteiger partial charge in [0.25, 0.3) is 0 Å². The van der Waals surface area contributed by atoms with Crippen LogP contribution >= 0.6 is 0 Å². The Morgan fingerprint density at radius 3 is 1.91 bits per heavy atom. The van der Waals surface area contributed by atoms with E-state index in [2.05, 4.69) is 10.6 Å². The van der Waals surface area contributed by atoms with Gasteiger partial charge in [-0.2, -0.15) is 0 Å². The first-order chi connectivity index (χ1) is 11.2. The summed E-state index contributed by atoms with van der Waals surface area (Å²) in [4.78, 5) is 11.7. The van der Waals surface area contributed by atoms with Gasteiger partial charge >= 0.3 is 0 Å². The summed E-state index contributed by atoms with van der Waals surface area (Å²) in [6.45, 7) is 1.06. The zero-order valence-electron chi connectivity index (χ0n) is 12.8. The summed E-state index contributed by atoms with van der Waals surface area (Å²) in [5, 5.41) is 5.69. The Kier molecular flexibility index (Phi) is 6.69. The molecular formula is C18H20F2N2O. The maximum atomic E-state index is 13.4. The summed E-state index contributed by atoms with van der Waals surface area (Å²) < 4.78 is 26.8. The van der Waals surface area contributed by atoms with Crippen molar-refractivity contribution in [3.8, 4) is 0 Å². The lowest BCUT2D eigenvalue weighted by Crippen LogP contribution is -2.35. The van der Waals surface area contributed by atoms with Crippen molar-refractivity contribution in [2.75, 3.05) is 19.6 Å². The van der Waals surface area contributed by atoms with E-state index in [-0.39, 0.29) is 24.1 Å². The second kappa shape index (κ2) is 9.00. The summed E-state index contributed by atoms with van der Waals surface area (Å²) in [6, 6.07) is 13.1. The molecule has 0 saturated carbocycles. The number of rotatable bonds is 8. The highest BCUT2D eigenvalue weighted by Crippen LogP contribution is 2.06. The Labute approximate surface area is 134 Å². The highest BCUT2D eigenvalue weighted by Gasteiger charge is 2.04. The summed E-state index contributed by atoms with van der Waals surface area (Å²) in [7, 11) is 0. The molecule has 2 aromatic carbocycles. The van der Waals surface area contributed by atoms with Crippen molar-refractivity contribution in [1.82, 2.24) is 10.6 Å². The minimum absolute atomic E-state index is 0.158. The van der Waals surface area contributed by atoms with Gasteiger partial charge in [0.15, 0.2) is 0 Å². The van der Waals surface area contributed by atoms with E-state index in [1.165, 1.54) is 12.1 Å². The van der Waals surface area contributed by atoms with E-state index in [9.17, 15) is 13.6 Å². The molecule has 1 amide bonds. The van der Waals surface area contributed by atoms with Gasteiger partial charge in [0.1, 0.15) is 11.6 Å². The van der Waals surface area contributed by atoms with Gasteiger partial charge in [-0.1, -0.05) is 36.4 Å². The Bertz CT molecular complexity index is 646. The number of amides is 1. The van der Waals surface area contributed by atoms with Gasteiger partial charge in [-0.3, -0.25) is 4.79 Å². The summed E-state index contributed by atoms with van der Waals surface area (Å²) in [6.07, 6.45) is 0.975. The average Bonchev–Trinajstić information content (AvgIpc) is 2.55. The van der Waals surface area contributed by atoms with Crippen LogP contribution in [-0.4, -0.2) is 25.5 Å². The lowest BCUT2D eigenvalue weighted by atomic mass is 10.1. The van der Waals surface area contributed by atoms with Crippen molar-refractivity contribution in [2.45, 2.75) is 12.8 Å². The number of carbonyl (C=O) groups is 1. The number of hydrogen-bond donors (Lipinski definition) is 2. The number of halogens is 2. The monoisotopic (exact) mass is 318 g/mol. The fraction of sp³-hybridized carbons (Fsp3) is 0.278. The third kappa shape index (κ3) is 5.79. The molecule has 0 atom stereocenters. The summed E-state index contributed by atoms with van der Waals surface area (Å²) >= 11 is 0. The van der Waals surface area contributed by atoms with Crippen molar-refractivity contribution in [3.05, 3.63) is 71.3 Å². The normalized spacial score (nSPS) is 10.5. The summed E-state index contributed by atoms with van der Waals surface area (Å²) in [5.41, 5.74) is 1.21. The Hall–Kier alpha value is -2.27. The van der Waals surface area contributed by atoms with Crippen molar-refractivity contribution in [3.63, 3.8) is 0 Å². The second-order valence-corrected chi connectivity index (χ2v) is 5.21. The minimum Gasteiger partial charge on any atom is -0.355 e. The van der Waals surface area contributed by atoms with E-state index >= 15 is 0 Å². The van der Waals surface area contributed by atoms with Gasteiger partial charge in [-0.15, -0.1) is 0 Å². The molecule has 0 heterocycles. The minimum atomic E-state index is -0.259. The van der Waals surface area contributed by atoms with Crippen LogP contribution in [0, 0.1) is 11.6 Å². The lowest BCUT2D eigenvalue weighted by molar-refractivity contribution is -0.120. The van der Waals surface area contributed by atoms with Crippen LogP contribution < -0.4 is 10.6 Å². The largest absolute Gasteiger partial charge is 0.355 e. The van der Waals surface area contributed by atoms with Gasteiger partial charge in [0.2, 0.25) is 5.91 Å². The molecule has 23 heavy (non-hydrogen) atoms. The lowest BCUT2D eigenvalue weighted by Gasteiger charge is -2.08. The van der Waals surface area contributed by atoms with E-state index < -0.39 is 0 Å². The van der Waals surface area contributed by atoms with Gasteiger partial charge in [0.05, 0.1) is 6.54 Å². The Balaban J connectivity index is 1.60. The second-order valence-electron chi connectivity index (χ2n) is 5.21. The van der Waals surface area contributed by atoms with Crippen molar-refractivity contribution >= 4 is 5.91 Å². The number of carbonyl (C=O) groups excluding carboxylic acids is 1. The van der Waals surface area contributed by atoms with E-state index in [0.29, 0.717) is 37.1 Å². The fourth-order valence-corrected chi connectivity index (χ4v) is 2.23. The van der Waals surface area contributed by atoms with Crippen molar-refractivity contribution < 1.29 is 13.6 Å². The van der Waals surface area contributed by atoms with Crippen LogP contribution in [0.5, 0.6) is 0 Å². The third-order valence-corrected chi connectivity index (χ3v) is 3.49. The molecule has 0 radical (unpaired) electrons. The van der Waals surface area contributed by atoms with Crippen LogP contribution in [0.3, 0.4) is 0 Å². The molecule has 0 spiro atoms. The predicted molar refractivity (Wildman–Crippen MR) is 86.1 cm³/mol. The number of benzene rings is 2. The molecule has 3 nitrogen and oxygen atoms in total. The van der Waals surface area contributed by atoms with E-state index in [1.54, 1.807) is 36.4 Å². The van der Waals surface area contributed by atoms with Crippen molar-refractivity contribution in [1.29, 1.82) is 0 Å². The average molecular weight is 318 g/mol. The maximum absolute atomic E-state index is 13.4. The first-order valence-electron chi connectivity index (χ1n) is 7.61. The molecule has 2 N–H and O–H groups in total. The zero-order valence-corrected chi connectivity index (χ0v) is 12.8. The molecule has 0 unspecified atom stereocenters. The van der Waals surface area contributed by atoms with Crippen LogP contribution in [0.1, 0.15) is 11.1 Å². The van der Waals surface area contributed by atoms with Gasteiger partial charge in [-0.25, -0.2) is 8.78 Å². The Morgan fingerprint density at radius 2 is 1.35 bits per heavy atom. The zero-order chi connectivity index (χ0) is 16.5. The van der Waals surface area contributed by atoms with Crippen LogP contribution in [-0.2, 0) is 17.6 Å². The molecule has 0 fully saturated rings. The predicted octanol–water partition coefficient (Wildman–Crippen LogP) is 2.46. The summed E-state index contributed by atoms with van der Waals surface area (Å²) in [5.74, 6) is -0.650. The first kappa shape index (κ1) is 17.1. The quantitative estimate of drug-likeness (QED) is 0.734. The van der Waals surface area contributed by atoms with Crippen LogP contribution in [0.4, 0.5) is 8.78 Å². The number of hydrogen-bond acceptors (Lipinski definition) is 2. The molecule has 0 aliphatic heterocycles. The molecule has 0 bridgehead atoms. The molecular weight excluding hydrogens is 298 g/mol. The van der Waals surface area contributed by atoms with Crippen LogP contribution in [0.2, 0.25) is 0 Å². The maximum Gasteiger partial charge on any atom is 0.233 e. The van der Waals surface area contributed by atoms with Gasteiger partial charge in [-0.05, 0) is 42.6 Å². The highest BCUT2D eigenvalue weighted by atomic mass is 19.1.